The van der Waals surface area contributed by atoms with Crippen LogP contribution in [0.25, 0.3) is 0 Å². The smallest absolute Gasteiger partial charge is 0.496 e. The number of pyridine rings is 1. The number of nitrogens with one attached hydrogen (secondary N) is 1. The van der Waals surface area contributed by atoms with Crippen molar-refractivity contribution in [1.82, 2.24) is 4.98 Å². The van der Waals surface area contributed by atoms with E-state index in [1.54, 1.807) is 0 Å². The first-order valence-corrected chi connectivity index (χ1v) is 10.9. The molecule has 0 saturated carbocycles. The van der Waals surface area contributed by atoms with Gasteiger partial charge in [0, 0.05) is 24.0 Å². The zero-order chi connectivity index (χ0) is 29.8. The molecule has 3 rings (SSSR count). The molecule has 0 aliphatic heterocycles. The Balaban J connectivity index is 2.16. The molecule has 16 heteroatoms. The molecular formula is C24H18F7N3O6. The molecule has 214 valence electrons. The van der Waals surface area contributed by atoms with E-state index in [0.717, 1.165) is 43.6 Å². The van der Waals surface area contributed by atoms with Crippen LogP contribution in [0.2, 0.25) is 0 Å². The molecule has 0 bridgehead atoms. The summed E-state index contributed by atoms with van der Waals surface area (Å²) in [6, 6.07) is 5.16. The Morgan fingerprint density at radius 3 is 2.25 bits per heavy atom. The van der Waals surface area contributed by atoms with Gasteiger partial charge in [0.2, 0.25) is 0 Å². The number of amides is 2. The van der Waals surface area contributed by atoms with Gasteiger partial charge < -0.3 is 30.0 Å². The van der Waals surface area contributed by atoms with Crippen molar-refractivity contribution in [3.05, 3.63) is 65.2 Å². The number of carbonyl (C=O) groups excluding carboxylic acids is 2. The topological polar surface area (TPSA) is 122 Å². The number of carbonyl (C=O) groups is 2. The molecule has 0 aliphatic rings. The minimum absolute atomic E-state index is 0.103. The summed E-state index contributed by atoms with van der Waals surface area (Å²) in [5.74, 6) is -7.93. The highest BCUT2D eigenvalue weighted by Gasteiger charge is 2.42. The van der Waals surface area contributed by atoms with Crippen molar-refractivity contribution in [1.29, 1.82) is 0 Å². The zero-order valence-electron chi connectivity index (χ0n) is 20.4. The van der Waals surface area contributed by atoms with Crippen LogP contribution in [-0.2, 0) is 6.18 Å². The first kappa shape index (κ1) is 29.8. The number of primary amides is 1. The van der Waals surface area contributed by atoms with E-state index in [9.17, 15) is 35.9 Å². The molecular weight excluding hydrogens is 559 g/mol. The molecule has 0 fully saturated rings. The Bertz CT molecular complexity index is 1430. The normalized spacial score (nSPS) is 11.5. The van der Waals surface area contributed by atoms with Crippen molar-refractivity contribution in [2.24, 2.45) is 5.73 Å². The van der Waals surface area contributed by atoms with E-state index in [-0.39, 0.29) is 23.7 Å². The lowest BCUT2D eigenvalue weighted by Gasteiger charge is -2.20. The van der Waals surface area contributed by atoms with Crippen LogP contribution in [0.5, 0.6) is 28.7 Å². The molecule has 1 heterocycles. The lowest BCUT2D eigenvalue weighted by atomic mass is 10.0. The summed E-state index contributed by atoms with van der Waals surface area (Å²) < 4.78 is 114. The summed E-state index contributed by atoms with van der Waals surface area (Å²) in [6.07, 6.45) is -9.33. The van der Waals surface area contributed by atoms with E-state index < -0.39 is 64.3 Å². The first-order chi connectivity index (χ1) is 18.6. The third-order valence-corrected chi connectivity index (χ3v) is 4.86. The minimum Gasteiger partial charge on any atom is -0.496 e. The fraction of sp³-hybridized carbons (Fsp3) is 0.208. The second-order valence-corrected chi connectivity index (χ2v) is 7.58. The summed E-state index contributed by atoms with van der Waals surface area (Å²) >= 11 is 0. The molecule has 3 aromatic rings. The molecule has 2 aromatic carbocycles. The van der Waals surface area contributed by atoms with Gasteiger partial charge in [0.25, 0.3) is 11.8 Å². The van der Waals surface area contributed by atoms with Gasteiger partial charge in [-0.3, -0.25) is 14.6 Å². The molecule has 2 amide bonds. The van der Waals surface area contributed by atoms with Crippen LogP contribution in [0.1, 0.15) is 33.3 Å². The Kier molecular flexibility index (Phi) is 8.60. The fourth-order valence-electron chi connectivity index (χ4n) is 3.32. The molecule has 1 aromatic heterocycles. The number of ether oxygens (including phenoxy) is 4. The lowest BCUT2D eigenvalue weighted by molar-refractivity contribution is -0.274. The van der Waals surface area contributed by atoms with E-state index in [2.05, 4.69) is 19.8 Å². The number of halogens is 7. The largest absolute Gasteiger partial charge is 0.573 e. The summed E-state index contributed by atoms with van der Waals surface area (Å²) in [5, 5.41) is 2.12. The lowest BCUT2D eigenvalue weighted by Crippen LogP contribution is -2.20. The molecule has 0 spiro atoms. The second kappa shape index (κ2) is 11.5. The van der Waals surface area contributed by atoms with Gasteiger partial charge in [-0.15, -0.1) is 13.2 Å². The van der Waals surface area contributed by atoms with Gasteiger partial charge in [-0.05, 0) is 31.2 Å². The molecule has 0 atom stereocenters. The molecule has 0 aliphatic carbocycles. The number of benzene rings is 2. The van der Waals surface area contributed by atoms with Gasteiger partial charge in [0.1, 0.15) is 34.1 Å². The zero-order valence-corrected chi connectivity index (χ0v) is 20.4. The maximum Gasteiger partial charge on any atom is 0.573 e. The second-order valence-electron chi connectivity index (χ2n) is 7.58. The number of methoxy groups -OCH3 is 1. The molecule has 40 heavy (non-hydrogen) atoms. The number of nitrogens with zero attached hydrogens (tertiary/aromatic N) is 1. The van der Waals surface area contributed by atoms with Gasteiger partial charge in [-0.25, -0.2) is 4.39 Å². The monoisotopic (exact) mass is 577 g/mol. The predicted octanol–water partition coefficient (Wildman–Crippen LogP) is 5.69. The van der Waals surface area contributed by atoms with Crippen molar-refractivity contribution in [3.8, 4) is 28.7 Å². The van der Waals surface area contributed by atoms with Crippen LogP contribution in [-0.4, -0.2) is 36.9 Å². The highest BCUT2D eigenvalue weighted by Crippen LogP contribution is 2.45. The SMILES string of the molecule is CCOc1cc(OC(F)(F)F)ccc1Oc1cc(OC)c(C(F)(F)F)c(F)c1C(=O)Nc1ccnc(C(N)=O)c1. The standard InChI is InChI=1S/C24H18F7N3O6/c1-3-38-15-9-12(40-24(29,30)31)4-5-14(15)39-16-10-17(37-2)19(23(26,27)28)20(25)18(16)22(36)34-11-6-7-33-13(8-11)21(32)35/h4-10H,3H2,1-2H3,(H2,32,35)(H,33,34,36). The molecule has 0 unspecified atom stereocenters. The van der Waals surface area contributed by atoms with Gasteiger partial charge >= 0.3 is 12.5 Å². The maximum absolute atomic E-state index is 15.4. The molecule has 0 saturated heterocycles. The number of alkyl halides is 6. The number of aromatic nitrogens is 1. The summed E-state index contributed by atoms with van der Waals surface area (Å²) in [4.78, 5) is 28.1. The van der Waals surface area contributed by atoms with Crippen molar-refractivity contribution in [2.75, 3.05) is 19.0 Å². The van der Waals surface area contributed by atoms with Crippen LogP contribution in [0, 0.1) is 5.82 Å². The van der Waals surface area contributed by atoms with E-state index in [4.69, 9.17) is 15.2 Å². The Morgan fingerprint density at radius 1 is 0.975 bits per heavy atom. The molecule has 3 N–H and O–H groups in total. The quantitative estimate of drug-likeness (QED) is 0.314. The van der Waals surface area contributed by atoms with Gasteiger partial charge in [0.15, 0.2) is 17.3 Å². The first-order valence-electron chi connectivity index (χ1n) is 10.9. The summed E-state index contributed by atoms with van der Waals surface area (Å²) in [5.41, 5.74) is 1.43. The summed E-state index contributed by atoms with van der Waals surface area (Å²) in [7, 11) is 0.810. The van der Waals surface area contributed by atoms with E-state index in [1.165, 1.54) is 6.92 Å². The molecule has 0 radical (unpaired) electrons. The van der Waals surface area contributed by atoms with Gasteiger partial charge in [0.05, 0.1) is 13.7 Å². The maximum atomic E-state index is 15.4. The number of anilines is 1. The van der Waals surface area contributed by atoms with Crippen LogP contribution >= 0.6 is 0 Å². The predicted molar refractivity (Wildman–Crippen MR) is 123 cm³/mol. The number of rotatable bonds is 9. The third-order valence-electron chi connectivity index (χ3n) is 4.86. The van der Waals surface area contributed by atoms with Gasteiger partial charge in [-0.1, -0.05) is 0 Å². The number of hydrogen-bond acceptors (Lipinski definition) is 7. The number of hydrogen-bond donors (Lipinski definition) is 2. The van der Waals surface area contributed by atoms with Gasteiger partial charge in [-0.2, -0.15) is 13.2 Å². The highest BCUT2D eigenvalue weighted by molar-refractivity contribution is 6.07. The van der Waals surface area contributed by atoms with Crippen molar-refractivity contribution >= 4 is 17.5 Å². The van der Waals surface area contributed by atoms with Crippen molar-refractivity contribution in [2.45, 2.75) is 19.5 Å². The van der Waals surface area contributed by atoms with Crippen LogP contribution in [0.3, 0.4) is 0 Å². The average molecular weight is 577 g/mol. The van der Waals surface area contributed by atoms with E-state index >= 15 is 4.39 Å². The van der Waals surface area contributed by atoms with Crippen molar-refractivity contribution < 1.29 is 59.3 Å². The average Bonchev–Trinajstić information content (AvgIpc) is 2.83. The van der Waals surface area contributed by atoms with Crippen LogP contribution in [0.15, 0.2) is 42.6 Å². The van der Waals surface area contributed by atoms with Crippen molar-refractivity contribution in [3.63, 3.8) is 0 Å². The Hall–Kier alpha value is -4.76. The third kappa shape index (κ3) is 7.00. The molecule has 9 nitrogen and oxygen atoms in total. The fourth-order valence-corrected chi connectivity index (χ4v) is 3.32. The minimum atomic E-state index is -5.33. The Labute approximate surface area is 220 Å². The Morgan fingerprint density at radius 2 is 1.68 bits per heavy atom. The number of nitrogens with two attached hydrogens (primary N) is 1. The van der Waals surface area contributed by atoms with E-state index in [0.29, 0.717) is 6.07 Å². The van der Waals surface area contributed by atoms with Crippen LogP contribution in [0.4, 0.5) is 36.4 Å². The van der Waals surface area contributed by atoms with E-state index in [1.807, 2.05) is 0 Å². The highest BCUT2D eigenvalue weighted by atomic mass is 19.4. The van der Waals surface area contributed by atoms with Crippen LogP contribution < -0.4 is 30.0 Å². The summed E-state index contributed by atoms with van der Waals surface area (Å²) in [6.45, 7) is 1.37.